The smallest absolute Gasteiger partial charge is 0.332 e. The fraction of sp³-hybridized carbons (Fsp3) is 0.429. The summed E-state index contributed by atoms with van der Waals surface area (Å²) in [5, 5.41) is 2.75. The molecule has 20 heavy (non-hydrogen) atoms. The third-order valence-electron chi connectivity index (χ3n) is 2.82. The molecule has 0 radical (unpaired) electrons. The zero-order valence-electron chi connectivity index (χ0n) is 11.8. The number of halogens is 1. The predicted octanol–water partition coefficient (Wildman–Crippen LogP) is 1.69. The van der Waals surface area contributed by atoms with E-state index in [0.717, 1.165) is 10.0 Å². The Bertz CT molecular complexity index is 486. The highest BCUT2D eigenvalue weighted by Crippen LogP contribution is 2.22. The van der Waals surface area contributed by atoms with Crippen LogP contribution < -0.4 is 11.1 Å². The van der Waals surface area contributed by atoms with Gasteiger partial charge in [-0.2, -0.15) is 0 Å². The molecule has 1 amide bonds. The molecule has 0 aliphatic carbocycles. The number of carbonyl (C=O) groups excluding carboxylic acids is 2. The standard InChI is InChI=1S/C14H19BrN2O3/c1-4-20-13(19)11(16)12(18)17-14(2,3)9-5-7-10(15)8-6-9/h5-8,11H,4,16H2,1-3H3,(H,17,18). The van der Waals surface area contributed by atoms with Gasteiger partial charge in [0.2, 0.25) is 5.91 Å². The van der Waals surface area contributed by atoms with E-state index in [2.05, 4.69) is 21.2 Å². The van der Waals surface area contributed by atoms with E-state index in [-0.39, 0.29) is 6.61 Å². The van der Waals surface area contributed by atoms with Gasteiger partial charge < -0.3 is 15.8 Å². The maximum Gasteiger partial charge on any atom is 0.332 e. The summed E-state index contributed by atoms with van der Waals surface area (Å²) in [5.74, 6) is -1.28. The number of nitrogens with one attached hydrogen (secondary N) is 1. The fourth-order valence-electron chi connectivity index (χ4n) is 1.66. The summed E-state index contributed by atoms with van der Waals surface area (Å²) in [7, 11) is 0. The van der Waals surface area contributed by atoms with Crippen molar-refractivity contribution < 1.29 is 14.3 Å². The summed E-state index contributed by atoms with van der Waals surface area (Å²) in [5.41, 5.74) is 5.83. The van der Waals surface area contributed by atoms with Crippen LogP contribution in [-0.4, -0.2) is 24.5 Å². The van der Waals surface area contributed by atoms with Gasteiger partial charge >= 0.3 is 5.97 Å². The van der Waals surface area contributed by atoms with Gasteiger partial charge in [0.05, 0.1) is 12.1 Å². The van der Waals surface area contributed by atoms with Crippen LogP contribution in [0.15, 0.2) is 28.7 Å². The van der Waals surface area contributed by atoms with Gasteiger partial charge in [0.25, 0.3) is 0 Å². The molecule has 0 heterocycles. The second-order valence-electron chi connectivity index (χ2n) is 4.85. The first-order chi connectivity index (χ1) is 9.27. The summed E-state index contributed by atoms with van der Waals surface area (Å²) in [6, 6.07) is 6.23. The summed E-state index contributed by atoms with van der Waals surface area (Å²) < 4.78 is 5.68. The minimum absolute atomic E-state index is 0.190. The first-order valence-electron chi connectivity index (χ1n) is 6.28. The van der Waals surface area contributed by atoms with Gasteiger partial charge in [-0.05, 0) is 38.5 Å². The van der Waals surface area contributed by atoms with E-state index in [1.807, 2.05) is 38.1 Å². The molecule has 1 rings (SSSR count). The largest absolute Gasteiger partial charge is 0.464 e. The number of amides is 1. The van der Waals surface area contributed by atoms with Crippen molar-refractivity contribution in [3.63, 3.8) is 0 Å². The number of nitrogens with two attached hydrogens (primary N) is 1. The highest BCUT2D eigenvalue weighted by atomic mass is 79.9. The molecule has 0 fully saturated rings. The molecule has 1 atom stereocenters. The summed E-state index contributed by atoms with van der Waals surface area (Å²) in [6.45, 7) is 5.53. The van der Waals surface area contributed by atoms with Gasteiger partial charge in [-0.1, -0.05) is 28.1 Å². The maximum atomic E-state index is 12.0. The van der Waals surface area contributed by atoms with E-state index in [9.17, 15) is 9.59 Å². The van der Waals surface area contributed by atoms with E-state index in [1.54, 1.807) is 6.92 Å². The Balaban J connectivity index is 2.77. The van der Waals surface area contributed by atoms with Crippen LogP contribution in [0.25, 0.3) is 0 Å². The Morgan fingerprint density at radius 3 is 2.40 bits per heavy atom. The van der Waals surface area contributed by atoms with Gasteiger partial charge in [0.15, 0.2) is 6.04 Å². The van der Waals surface area contributed by atoms with Crippen molar-refractivity contribution in [2.45, 2.75) is 32.4 Å². The topological polar surface area (TPSA) is 81.4 Å². The van der Waals surface area contributed by atoms with Crippen LogP contribution in [0.5, 0.6) is 0 Å². The van der Waals surface area contributed by atoms with Crippen LogP contribution in [-0.2, 0) is 19.9 Å². The summed E-state index contributed by atoms with van der Waals surface area (Å²) in [4.78, 5) is 23.4. The Morgan fingerprint density at radius 2 is 1.90 bits per heavy atom. The average molecular weight is 343 g/mol. The van der Waals surface area contributed by atoms with Crippen molar-refractivity contribution in [2.24, 2.45) is 5.73 Å². The second kappa shape index (κ2) is 6.85. The first-order valence-corrected chi connectivity index (χ1v) is 7.07. The average Bonchev–Trinajstić information content (AvgIpc) is 2.38. The lowest BCUT2D eigenvalue weighted by Crippen LogP contribution is -2.52. The van der Waals surface area contributed by atoms with Crippen LogP contribution in [0.4, 0.5) is 0 Å². The van der Waals surface area contributed by atoms with E-state index in [4.69, 9.17) is 10.5 Å². The number of ether oxygens (including phenoxy) is 1. The molecule has 6 heteroatoms. The van der Waals surface area contributed by atoms with E-state index in [1.165, 1.54) is 0 Å². The SMILES string of the molecule is CCOC(=O)C(N)C(=O)NC(C)(C)c1ccc(Br)cc1. The summed E-state index contributed by atoms with van der Waals surface area (Å²) >= 11 is 3.35. The Labute approximate surface area is 127 Å². The lowest BCUT2D eigenvalue weighted by Gasteiger charge is -2.28. The molecular formula is C14H19BrN2O3. The van der Waals surface area contributed by atoms with Crippen molar-refractivity contribution in [1.29, 1.82) is 0 Å². The second-order valence-corrected chi connectivity index (χ2v) is 5.77. The normalized spacial score (nSPS) is 12.7. The third kappa shape index (κ3) is 4.31. The number of hydrogen-bond donors (Lipinski definition) is 2. The minimum atomic E-state index is -1.32. The molecule has 0 aromatic heterocycles. The number of esters is 1. The molecule has 1 aromatic rings. The number of benzene rings is 1. The Hall–Kier alpha value is -1.40. The molecular weight excluding hydrogens is 324 g/mol. The molecule has 1 unspecified atom stereocenters. The van der Waals surface area contributed by atoms with E-state index >= 15 is 0 Å². The number of hydrogen-bond acceptors (Lipinski definition) is 4. The maximum absolute atomic E-state index is 12.0. The molecule has 0 bridgehead atoms. The molecule has 0 saturated carbocycles. The quantitative estimate of drug-likeness (QED) is 0.630. The fourth-order valence-corrected chi connectivity index (χ4v) is 1.93. The van der Waals surface area contributed by atoms with Crippen LogP contribution in [0, 0.1) is 0 Å². The predicted molar refractivity (Wildman–Crippen MR) is 79.9 cm³/mol. The van der Waals surface area contributed by atoms with Crippen molar-refractivity contribution in [1.82, 2.24) is 5.32 Å². The zero-order valence-corrected chi connectivity index (χ0v) is 13.4. The highest BCUT2D eigenvalue weighted by Gasteiger charge is 2.29. The van der Waals surface area contributed by atoms with Crippen molar-refractivity contribution in [3.8, 4) is 0 Å². The van der Waals surface area contributed by atoms with Gasteiger partial charge in [0.1, 0.15) is 0 Å². The van der Waals surface area contributed by atoms with Crippen molar-refractivity contribution in [3.05, 3.63) is 34.3 Å². The van der Waals surface area contributed by atoms with Gasteiger partial charge in [-0.3, -0.25) is 4.79 Å². The molecule has 0 aliphatic heterocycles. The van der Waals surface area contributed by atoms with Gasteiger partial charge in [-0.15, -0.1) is 0 Å². The first kappa shape index (κ1) is 16.7. The number of carbonyl (C=O) groups is 2. The lowest BCUT2D eigenvalue weighted by molar-refractivity contribution is -0.148. The Morgan fingerprint density at radius 1 is 1.35 bits per heavy atom. The van der Waals surface area contributed by atoms with Crippen LogP contribution >= 0.6 is 15.9 Å². The Kier molecular flexibility index (Phi) is 5.71. The molecule has 0 aliphatic rings. The van der Waals surface area contributed by atoms with Crippen LogP contribution in [0.3, 0.4) is 0 Å². The van der Waals surface area contributed by atoms with Crippen molar-refractivity contribution >= 4 is 27.8 Å². The van der Waals surface area contributed by atoms with Crippen LogP contribution in [0.2, 0.25) is 0 Å². The van der Waals surface area contributed by atoms with E-state index in [0.29, 0.717) is 0 Å². The minimum Gasteiger partial charge on any atom is -0.464 e. The van der Waals surface area contributed by atoms with E-state index < -0.39 is 23.5 Å². The molecule has 0 saturated heterocycles. The summed E-state index contributed by atoms with van der Waals surface area (Å²) in [6.07, 6.45) is 0. The molecule has 3 N–H and O–H groups in total. The zero-order chi connectivity index (χ0) is 15.3. The van der Waals surface area contributed by atoms with Crippen LogP contribution in [0.1, 0.15) is 26.3 Å². The molecule has 110 valence electrons. The monoisotopic (exact) mass is 342 g/mol. The third-order valence-corrected chi connectivity index (χ3v) is 3.35. The lowest BCUT2D eigenvalue weighted by atomic mass is 9.94. The highest BCUT2D eigenvalue weighted by molar-refractivity contribution is 9.10. The van der Waals surface area contributed by atoms with Gasteiger partial charge in [-0.25, -0.2) is 4.79 Å². The molecule has 0 spiro atoms. The molecule has 1 aromatic carbocycles. The van der Waals surface area contributed by atoms with Gasteiger partial charge in [0, 0.05) is 4.47 Å². The molecule has 5 nitrogen and oxygen atoms in total. The number of rotatable bonds is 5. The van der Waals surface area contributed by atoms with Crippen molar-refractivity contribution in [2.75, 3.05) is 6.61 Å².